The number of morpholine rings is 1. The Hall–Kier alpha value is -1.59. The minimum absolute atomic E-state index is 0. The lowest BCUT2D eigenvalue weighted by Crippen LogP contribution is -2.43. The molecule has 182 valence electrons. The van der Waals surface area contributed by atoms with E-state index in [9.17, 15) is 4.79 Å². The van der Waals surface area contributed by atoms with Crippen LogP contribution in [0.3, 0.4) is 0 Å². The fraction of sp³-hybridized carbons (Fsp3) is 0.652. The minimum atomic E-state index is -0.496. The topological polar surface area (TPSA) is 78.4 Å². The fourth-order valence-electron chi connectivity index (χ4n) is 3.15. The zero-order valence-corrected chi connectivity index (χ0v) is 22.5. The molecule has 1 aliphatic heterocycles. The van der Waals surface area contributed by atoms with Gasteiger partial charge in [-0.15, -0.1) is 24.0 Å². The van der Waals surface area contributed by atoms with Crippen LogP contribution in [-0.2, 0) is 22.6 Å². The number of hydrogen-bond donors (Lipinski definition) is 2. The lowest BCUT2D eigenvalue weighted by molar-refractivity contribution is 0.0302. The highest BCUT2D eigenvalue weighted by atomic mass is 127. The van der Waals surface area contributed by atoms with E-state index in [4.69, 9.17) is 14.5 Å². The molecule has 0 spiro atoms. The second-order valence-corrected chi connectivity index (χ2v) is 8.68. The molecule has 1 fully saturated rings. The summed E-state index contributed by atoms with van der Waals surface area (Å²) in [6.07, 6.45) is -0.326. The molecular formula is C23H40IN5O3. The number of carbonyl (C=O) groups is 1. The van der Waals surface area contributed by atoms with Gasteiger partial charge in [-0.05, 0) is 38.8 Å². The first-order valence-electron chi connectivity index (χ1n) is 11.1. The Kier molecular flexibility index (Phi) is 12.9. The van der Waals surface area contributed by atoms with Crippen LogP contribution in [0.2, 0.25) is 0 Å². The summed E-state index contributed by atoms with van der Waals surface area (Å²) >= 11 is 0. The molecule has 0 radical (unpaired) electrons. The number of ether oxygens (including phenoxy) is 2. The highest BCUT2D eigenvalue weighted by Gasteiger charge is 2.19. The van der Waals surface area contributed by atoms with Crippen molar-refractivity contribution in [3.8, 4) is 0 Å². The van der Waals surface area contributed by atoms with Crippen LogP contribution in [0.5, 0.6) is 0 Å². The lowest BCUT2D eigenvalue weighted by Gasteiger charge is -2.27. The largest absolute Gasteiger partial charge is 0.444 e. The quantitative estimate of drug-likeness (QED) is 0.289. The molecule has 1 aromatic rings. The van der Waals surface area contributed by atoms with Gasteiger partial charge in [-0.3, -0.25) is 4.90 Å². The smallest absolute Gasteiger partial charge is 0.410 e. The molecule has 0 aromatic heterocycles. The average molecular weight is 562 g/mol. The third-order valence-corrected chi connectivity index (χ3v) is 4.81. The Morgan fingerprint density at radius 3 is 2.47 bits per heavy atom. The first-order chi connectivity index (χ1) is 14.8. The second-order valence-electron chi connectivity index (χ2n) is 8.68. The Balaban J connectivity index is 0.00000512. The van der Waals surface area contributed by atoms with E-state index in [-0.39, 0.29) is 30.1 Å². The molecule has 1 aromatic carbocycles. The Morgan fingerprint density at radius 1 is 1.19 bits per heavy atom. The van der Waals surface area contributed by atoms with E-state index in [1.165, 1.54) is 11.1 Å². The molecule has 1 heterocycles. The summed E-state index contributed by atoms with van der Waals surface area (Å²) in [4.78, 5) is 20.8. The first kappa shape index (κ1) is 28.4. The number of halogens is 1. The van der Waals surface area contributed by atoms with Crippen molar-refractivity contribution < 1.29 is 14.3 Å². The van der Waals surface area contributed by atoms with Gasteiger partial charge in [-0.25, -0.2) is 9.79 Å². The van der Waals surface area contributed by atoms with Gasteiger partial charge >= 0.3 is 6.09 Å². The van der Waals surface area contributed by atoms with Gasteiger partial charge in [0, 0.05) is 46.3 Å². The van der Waals surface area contributed by atoms with Gasteiger partial charge in [0.25, 0.3) is 0 Å². The SMILES string of the molecule is CCNC(=NCc1ccccc1CN1CCOCC1)NCCN(C)C(=O)OC(C)(C)C.I. The number of guanidine groups is 1. The number of aliphatic imine (C=N–C) groups is 1. The zero-order valence-electron chi connectivity index (χ0n) is 20.1. The molecule has 0 bridgehead atoms. The van der Waals surface area contributed by atoms with Gasteiger partial charge < -0.3 is 25.0 Å². The van der Waals surface area contributed by atoms with Crippen LogP contribution in [0.15, 0.2) is 29.3 Å². The summed E-state index contributed by atoms with van der Waals surface area (Å²) in [7, 11) is 1.74. The number of rotatable bonds is 8. The summed E-state index contributed by atoms with van der Waals surface area (Å²) in [5, 5.41) is 6.58. The normalized spacial score (nSPS) is 15.0. The number of likely N-dealkylation sites (N-methyl/N-ethyl adjacent to an activating group) is 1. The van der Waals surface area contributed by atoms with E-state index < -0.39 is 5.60 Å². The molecule has 0 atom stereocenters. The van der Waals surface area contributed by atoms with Crippen LogP contribution in [0.25, 0.3) is 0 Å². The highest BCUT2D eigenvalue weighted by molar-refractivity contribution is 14.0. The number of nitrogens with zero attached hydrogens (tertiary/aromatic N) is 3. The highest BCUT2D eigenvalue weighted by Crippen LogP contribution is 2.14. The third-order valence-electron chi connectivity index (χ3n) is 4.81. The van der Waals surface area contributed by atoms with Crippen molar-refractivity contribution in [2.24, 2.45) is 4.99 Å². The molecule has 0 saturated carbocycles. The molecule has 1 amide bonds. The van der Waals surface area contributed by atoms with E-state index >= 15 is 0 Å². The molecule has 2 rings (SSSR count). The van der Waals surface area contributed by atoms with Gasteiger partial charge in [0.1, 0.15) is 5.60 Å². The van der Waals surface area contributed by atoms with Crippen LogP contribution >= 0.6 is 24.0 Å². The van der Waals surface area contributed by atoms with Crippen molar-refractivity contribution in [3.63, 3.8) is 0 Å². The van der Waals surface area contributed by atoms with Crippen molar-refractivity contribution >= 4 is 36.0 Å². The Labute approximate surface area is 210 Å². The average Bonchev–Trinajstić information content (AvgIpc) is 2.72. The molecule has 0 unspecified atom stereocenters. The Bertz CT molecular complexity index is 718. The van der Waals surface area contributed by atoms with Gasteiger partial charge in [0.05, 0.1) is 19.8 Å². The summed E-state index contributed by atoms with van der Waals surface area (Å²) in [5.41, 5.74) is 2.02. The van der Waals surface area contributed by atoms with Crippen molar-refractivity contribution in [1.29, 1.82) is 0 Å². The van der Waals surface area contributed by atoms with Crippen LogP contribution in [0.4, 0.5) is 4.79 Å². The maximum absolute atomic E-state index is 12.1. The summed E-state index contributed by atoms with van der Waals surface area (Å²) in [5.74, 6) is 0.737. The summed E-state index contributed by atoms with van der Waals surface area (Å²) < 4.78 is 10.8. The minimum Gasteiger partial charge on any atom is -0.444 e. The van der Waals surface area contributed by atoms with E-state index in [1.54, 1.807) is 11.9 Å². The van der Waals surface area contributed by atoms with E-state index in [2.05, 4.69) is 39.8 Å². The molecule has 1 saturated heterocycles. The van der Waals surface area contributed by atoms with Gasteiger partial charge in [0.15, 0.2) is 5.96 Å². The first-order valence-corrected chi connectivity index (χ1v) is 11.1. The number of benzene rings is 1. The molecule has 2 N–H and O–H groups in total. The van der Waals surface area contributed by atoms with Crippen molar-refractivity contribution in [1.82, 2.24) is 20.4 Å². The predicted molar refractivity (Wildman–Crippen MR) is 140 cm³/mol. The lowest BCUT2D eigenvalue weighted by atomic mass is 10.1. The van der Waals surface area contributed by atoms with Gasteiger partial charge in [-0.1, -0.05) is 24.3 Å². The van der Waals surface area contributed by atoms with Crippen LogP contribution in [-0.4, -0.2) is 80.4 Å². The molecule has 1 aliphatic rings. The third kappa shape index (κ3) is 10.8. The molecule has 9 heteroatoms. The maximum Gasteiger partial charge on any atom is 0.410 e. The van der Waals surface area contributed by atoms with E-state index in [1.807, 2.05) is 27.7 Å². The summed E-state index contributed by atoms with van der Waals surface area (Å²) in [6.45, 7) is 14.5. The standard InChI is InChI=1S/C23H39N5O3.HI/c1-6-24-21(25-11-12-27(5)22(29)31-23(2,3)4)26-17-19-9-7-8-10-20(19)18-28-13-15-30-16-14-28;/h7-10H,6,11-18H2,1-5H3,(H2,24,25,26);1H. The maximum atomic E-state index is 12.1. The summed E-state index contributed by atoms with van der Waals surface area (Å²) in [6, 6.07) is 8.46. The van der Waals surface area contributed by atoms with E-state index in [0.717, 1.165) is 45.4 Å². The number of amides is 1. The van der Waals surface area contributed by atoms with Crippen molar-refractivity contribution in [2.45, 2.75) is 46.4 Å². The van der Waals surface area contributed by atoms with Gasteiger partial charge in [0.2, 0.25) is 0 Å². The van der Waals surface area contributed by atoms with E-state index in [0.29, 0.717) is 19.6 Å². The van der Waals surface area contributed by atoms with Crippen LogP contribution < -0.4 is 10.6 Å². The molecular weight excluding hydrogens is 521 g/mol. The Morgan fingerprint density at radius 2 is 1.84 bits per heavy atom. The number of carbonyl (C=O) groups excluding carboxylic acids is 1. The number of hydrogen-bond acceptors (Lipinski definition) is 5. The predicted octanol–water partition coefficient (Wildman–Crippen LogP) is 3.06. The van der Waals surface area contributed by atoms with Crippen molar-refractivity contribution in [2.75, 3.05) is 53.0 Å². The monoisotopic (exact) mass is 561 g/mol. The fourth-order valence-corrected chi connectivity index (χ4v) is 3.15. The van der Waals surface area contributed by atoms with Gasteiger partial charge in [-0.2, -0.15) is 0 Å². The number of nitrogens with one attached hydrogen (secondary N) is 2. The van der Waals surface area contributed by atoms with Crippen LogP contribution in [0.1, 0.15) is 38.8 Å². The van der Waals surface area contributed by atoms with Crippen molar-refractivity contribution in [3.05, 3.63) is 35.4 Å². The second kappa shape index (κ2) is 14.5. The molecule has 8 nitrogen and oxygen atoms in total. The van der Waals surface area contributed by atoms with Crippen LogP contribution in [0, 0.1) is 0 Å². The molecule has 32 heavy (non-hydrogen) atoms. The zero-order chi connectivity index (χ0) is 22.7. The molecule has 0 aliphatic carbocycles.